The molecule has 11 nitrogen and oxygen atoms in total. The van der Waals surface area contributed by atoms with Crippen LogP contribution in [-0.4, -0.2) is 47.7 Å². The van der Waals surface area contributed by atoms with E-state index in [9.17, 15) is 19.8 Å². The minimum absolute atomic E-state index is 0.0347. The van der Waals surface area contributed by atoms with Gasteiger partial charge in [-0.05, 0) is 31.2 Å². The molecule has 0 aliphatic rings. The van der Waals surface area contributed by atoms with Gasteiger partial charge in [0.25, 0.3) is 5.56 Å². The molecule has 11 heteroatoms. The topological polar surface area (TPSA) is 147 Å². The summed E-state index contributed by atoms with van der Waals surface area (Å²) in [6.07, 6.45) is -1.00. The number of phenolic OH excluding ortho intramolecular Hbond substituents is 1. The van der Waals surface area contributed by atoms with Gasteiger partial charge in [-0.2, -0.15) is 10.1 Å². The van der Waals surface area contributed by atoms with Gasteiger partial charge in [0.15, 0.2) is 11.2 Å². The number of aromatic hydroxyl groups is 1. The number of aromatic amines is 1. The van der Waals surface area contributed by atoms with Crippen LogP contribution in [0, 0.1) is 0 Å². The zero-order valence-corrected chi connectivity index (χ0v) is 18.6. The number of aryl methyl sites for hydroxylation is 1. The third-order valence-corrected chi connectivity index (χ3v) is 5.20. The lowest BCUT2D eigenvalue weighted by molar-refractivity contribution is 0.0938. The van der Waals surface area contributed by atoms with E-state index in [-0.39, 0.29) is 36.0 Å². The third-order valence-electron chi connectivity index (χ3n) is 5.20. The Bertz CT molecular complexity index is 1450. The first-order chi connectivity index (χ1) is 16.3. The van der Waals surface area contributed by atoms with Gasteiger partial charge in [-0.15, -0.1) is 0 Å². The molecule has 2 aromatic carbocycles. The lowest BCUT2D eigenvalue weighted by atomic mass is 10.1. The van der Waals surface area contributed by atoms with Crippen molar-refractivity contribution in [3.05, 3.63) is 81.0 Å². The zero-order chi connectivity index (χ0) is 24.2. The average Bonchev–Trinajstić information content (AvgIpc) is 3.19. The molecule has 4 aromatic rings. The minimum atomic E-state index is -1.00. The number of hydrogen-bond donors (Lipinski definition) is 4. The van der Waals surface area contributed by atoms with Crippen molar-refractivity contribution in [1.29, 1.82) is 0 Å². The first kappa shape index (κ1) is 22.8. The maximum absolute atomic E-state index is 12.6. The number of nitrogens with zero attached hydrogens (tertiary/aromatic N) is 4. The number of hydrogen-bond acceptors (Lipinski definition) is 8. The summed E-state index contributed by atoms with van der Waals surface area (Å²) in [7, 11) is 1.48. The SMILES string of the molecule is C/C(=N\Nc1nc2c(c(=O)[nH]c(=O)n2C)n1C[C@H](O)COc1ccccc1)c1ccccc1O. The lowest BCUT2D eigenvalue weighted by Gasteiger charge is -2.15. The summed E-state index contributed by atoms with van der Waals surface area (Å²) in [6.45, 7) is 1.60. The van der Waals surface area contributed by atoms with Crippen molar-refractivity contribution in [3.63, 3.8) is 0 Å². The Morgan fingerprint density at radius 1 is 1.18 bits per heavy atom. The molecule has 1 atom stereocenters. The summed E-state index contributed by atoms with van der Waals surface area (Å²) in [5, 5.41) is 25.0. The van der Waals surface area contributed by atoms with Crippen LogP contribution in [0.5, 0.6) is 11.5 Å². The van der Waals surface area contributed by atoms with E-state index in [2.05, 4.69) is 20.5 Å². The normalized spacial score (nSPS) is 12.6. The predicted octanol–water partition coefficient (Wildman–Crippen LogP) is 1.40. The molecule has 2 aromatic heterocycles. The van der Waals surface area contributed by atoms with Gasteiger partial charge in [0.05, 0.1) is 12.3 Å². The molecule has 0 aliphatic carbocycles. The van der Waals surface area contributed by atoms with E-state index in [4.69, 9.17) is 4.74 Å². The van der Waals surface area contributed by atoms with Crippen LogP contribution >= 0.6 is 0 Å². The van der Waals surface area contributed by atoms with Crippen LogP contribution in [0.4, 0.5) is 5.95 Å². The second-order valence-corrected chi connectivity index (χ2v) is 7.64. The van der Waals surface area contributed by atoms with Gasteiger partial charge >= 0.3 is 5.69 Å². The number of fused-ring (bicyclic) bond motifs is 1. The highest BCUT2D eigenvalue weighted by Crippen LogP contribution is 2.19. The summed E-state index contributed by atoms with van der Waals surface area (Å²) in [5.41, 5.74) is 2.73. The average molecular weight is 464 g/mol. The zero-order valence-electron chi connectivity index (χ0n) is 18.6. The number of aromatic nitrogens is 4. The highest BCUT2D eigenvalue weighted by atomic mass is 16.5. The van der Waals surface area contributed by atoms with Gasteiger partial charge in [0.2, 0.25) is 5.95 Å². The fourth-order valence-corrected chi connectivity index (χ4v) is 3.44. The number of aliphatic hydroxyl groups is 1. The van der Waals surface area contributed by atoms with E-state index in [1.54, 1.807) is 43.3 Å². The Morgan fingerprint density at radius 2 is 1.88 bits per heavy atom. The van der Waals surface area contributed by atoms with Gasteiger partial charge in [0, 0.05) is 12.6 Å². The molecule has 4 rings (SSSR count). The summed E-state index contributed by atoms with van der Waals surface area (Å²) < 4.78 is 8.25. The quantitative estimate of drug-likeness (QED) is 0.228. The van der Waals surface area contributed by atoms with Crippen LogP contribution in [0.3, 0.4) is 0 Å². The van der Waals surface area contributed by atoms with E-state index in [1.807, 2.05) is 18.2 Å². The van der Waals surface area contributed by atoms with Crippen LogP contribution in [0.15, 0.2) is 69.3 Å². The Hall–Kier alpha value is -4.38. The summed E-state index contributed by atoms with van der Waals surface area (Å²) in [5.74, 6) is 0.792. The Kier molecular flexibility index (Phi) is 6.46. The molecule has 176 valence electrons. The number of phenols is 1. The third kappa shape index (κ3) is 4.69. The van der Waals surface area contributed by atoms with Crippen molar-refractivity contribution in [2.24, 2.45) is 12.1 Å². The summed E-state index contributed by atoms with van der Waals surface area (Å²) >= 11 is 0. The van der Waals surface area contributed by atoms with Crippen LogP contribution in [-0.2, 0) is 13.6 Å². The highest BCUT2D eigenvalue weighted by Gasteiger charge is 2.20. The number of para-hydroxylation sites is 2. The number of anilines is 1. The Morgan fingerprint density at radius 3 is 2.62 bits per heavy atom. The van der Waals surface area contributed by atoms with Gasteiger partial charge < -0.3 is 19.5 Å². The largest absolute Gasteiger partial charge is 0.507 e. The van der Waals surface area contributed by atoms with Crippen LogP contribution in [0.2, 0.25) is 0 Å². The molecule has 2 heterocycles. The molecule has 4 N–H and O–H groups in total. The maximum atomic E-state index is 12.6. The monoisotopic (exact) mass is 464 g/mol. The number of H-pyrrole nitrogens is 1. The molecule has 0 aliphatic heterocycles. The standard InChI is InChI=1S/C23H24N6O5/c1-14(17-10-6-7-11-18(17)31)26-27-22-24-20-19(21(32)25-23(33)28(20)2)29(22)12-15(30)13-34-16-8-4-3-5-9-16/h3-11,15,30-31H,12-13H2,1-2H3,(H,24,27)(H,25,32,33)/b26-14+/t15-/m0/s1. The number of aliphatic hydroxyl groups excluding tert-OH is 1. The Labute approximate surface area is 193 Å². The number of imidazole rings is 1. The lowest BCUT2D eigenvalue weighted by Crippen LogP contribution is -2.30. The maximum Gasteiger partial charge on any atom is 0.329 e. The smallest absolute Gasteiger partial charge is 0.329 e. The van der Waals surface area contributed by atoms with E-state index in [0.717, 1.165) is 0 Å². The van der Waals surface area contributed by atoms with Crippen molar-refractivity contribution >= 4 is 22.8 Å². The van der Waals surface area contributed by atoms with Crippen molar-refractivity contribution in [2.45, 2.75) is 19.6 Å². The molecule has 0 saturated carbocycles. The van der Waals surface area contributed by atoms with Crippen LogP contribution in [0.25, 0.3) is 11.2 Å². The number of hydrazone groups is 1. The predicted molar refractivity (Wildman–Crippen MR) is 127 cm³/mol. The van der Waals surface area contributed by atoms with Crippen molar-refractivity contribution in [1.82, 2.24) is 19.1 Å². The number of benzene rings is 2. The molecule has 0 fully saturated rings. The molecule has 0 unspecified atom stereocenters. The van der Waals surface area contributed by atoms with Crippen molar-refractivity contribution in [3.8, 4) is 11.5 Å². The molecule has 0 bridgehead atoms. The summed E-state index contributed by atoms with van der Waals surface area (Å²) in [6, 6.07) is 15.7. The first-order valence-corrected chi connectivity index (χ1v) is 10.5. The van der Waals surface area contributed by atoms with Gasteiger partial charge in [-0.3, -0.25) is 14.3 Å². The van der Waals surface area contributed by atoms with E-state index in [1.165, 1.54) is 16.2 Å². The molecule has 0 amide bonds. The fraction of sp³-hybridized carbons (Fsp3) is 0.217. The molecular formula is C23H24N6O5. The van der Waals surface area contributed by atoms with Gasteiger partial charge in [-0.1, -0.05) is 30.3 Å². The van der Waals surface area contributed by atoms with E-state index >= 15 is 0 Å². The first-order valence-electron chi connectivity index (χ1n) is 10.5. The number of ether oxygens (including phenoxy) is 1. The molecule has 0 saturated heterocycles. The Balaban J connectivity index is 1.67. The molecule has 0 radical (unpaired) electrons. The second kappa shape index (κ2) is 9.63. The molecule has 34 heavy (non-hydrogen) atoms. The van der Waals surface area contributed by atoms with Crippen LogP contribution < -0.4 is 21.4 Å². The second-order valence-electron chi connectivity index (χ2n) is 7.64. The van der Waals surface area contributed by atoms with E-state index in [0.29, 0.717) is 17.0 Å². The van der Waals surface area contributed by atoms with Gasteiger partial charge in [0.1, 0.15) is 24.2 Å². The molecular weight excluding hydrogens is 440 g/mol. The van der Waals surface area contributed by atoms with Crippen molar-refractivity contribution < 1.29 is 14.9 Å². The summed E-state index contributed by atoms with van der Waals surface area (Å²) in [4.78, 5) is 31.3. The van der Waals surface area contributed by atoms with Crippen molar-refractivity contribution in [2.75, 3.05) is 12.0 Å². The van der Waals surface area contributed by atoms with Gasteiger partial charge in [-0.25, -0.2) is 10.2 Å². The fourth-order valence-electron chi connectivity index (χ4n) is 3.44. The van der Waals surface area contributed by atoms with E-state index < -0.39 is 17.4 Å². The number of rotatable bonds is 8. The highest BCUT2D eigenvalue weighted by molar-refractivity contribution is 6.01. The number of nitrogens with one attached hydrogen (secondary N) is 2. The molecule has 0 spiro atoms. The minimum Gasteiger partial charge on any atom is -0.507 e. The van der Waals surface area contributed by atoms with Crippen LogP contribution in [0.1, 0.15) is 12.5 Å².